The summed E-state index contributed by atoms with van der Waals surface area (Å²) in [6, 6.07) is 7.19. The number of nitrogens with zero attached hydrogens (tertiary/aromatic N) is 1. The van der Waals surface area contributed by atoms with Gasteiger partial charge >= 0.3 is 0 Å². The Morgan fingerprint density at radius 3 is 2.50 bits per heavy atom. The van der Waals surface area contributed by atoms with E-state index in [2.05, 4.69) is 26.7 Å². The first-order valence-corrected chi connectivity index (χ1v) is 8.88. The van der Waals surface area contributed by atoms with Crippen molar-refractivity contribution in [3.8, 4) is 6.07 Å². The molecule has 6 heteroatoms. The van der Waals surface area contributed by atoms with Gasteiger partial charge in [-0.3, -0.25) is 0 Å². The second-order valence-electron chi connectivity index (χ2n) is 5.21. The lowest BCUT2D eigenvalue weighted by atomic mass is 9.88. The van der Waals surface area contributed by atoms with Crippen molar-refractivity contribution in [3.05, 3.63) is 28.2 Å². The van der Waals surface area contributed by atoms with Crippen molar-refractivity contribution in [1.82, 2.24) is 4.72 Å². The Labute approximate surface area is 128 Å². The highest BCUT2D eigenvalue weighted by Gasteiger charge is 2.25. The van der Waals surface area contributed by atoms with Crippen molar-refractivity contribution in [2.24, 2.45) is 5.92 Å². The van der Waals surface area contributed by atoms with Crippen LogP contribution >= 0.6 is 15.9 Å². The summed E-state index contributed by atoms with van der Waals surface area (Å²) in [6.07, 6.45) is 2.99. The molecule has 1 aromatic rings. The molecule has 0 radical (unpaired) electrons. The van der Waals surface area contributed by atoms with Crippen molar-refractivity contribution >= 4 is 26.0 Å². The van der Waals surface area contributed by atoms with Crippen LogP contribution in [-0.2, 0) is 10.0 Å². The lowest BCUT2D eigenvalue weighted by Gasteiger charge is -2.25. The van der Waals surface area contributed by atoms with Crippen LogP contribution in [-0.4, -0.2) is 14.5 Å². The number of halogens is 1. The molecule has 1 aliphatic carbocycles. The summed E-state index contributed by atoms with van der Waals surface area (Å²) in [4.78, 5) is 0.292. The minimum Gasteiger partial charge on any atom is -0.208 e. The Kier molecular flexibility index (Phi) is 4.84. The topological polar surface area (TPSA) is 70.0 Å². The third-order valence-corrected chi connectivity index (χ3v) is 6.08. The van der Waals surface area contributed by atoms with Gasteiger partial charge in [0.05, 0.1) is 11.0 Å². The largest absolute Gasteiger partial charge is 0.240 e. The van der Waals surface area contributed by atoms with E-state index in [0.29, 0.717) is 4.90 Å². The van der Waals surface area contributed by atoms with E-state index in [0.717, 1.165) is 35.7 Å². The van der Waals surface area contributed by atoms with Crippen LogP contribution in [0.3, 0.4) is 0 Å². The summed E-state index contributed by atoms with van der Waals surface area (Å²) >= 11 is 3.36. The maximum Gasteiger partial charge on any atom is 0.240 e. The maximum atomic E-state index is 12.3. The summed E-state index contributed by atoms with van der Waals surface area (Å²) < 4.78 is 28.3. The maximum absolute atomic E-state index is 12.3. The van der Waals surface area contributed by atoms with Gasteiger partial charge in [0, 0.05) is 16.4 Å². The average Bonchev–Trinajstić information content (AvgIpc) is 2.42. The van der Waals surface area contributed by atoms with Gasteiger partial charge in [0.1, 0.15) is 0 Å². The van der Waals surface area contributed by atoms with Crippen molar-refractivity contribution in [3.63, 3.8) is 0 Å². The smallest absolute Gasteiger partial charge is 0.208 e. The van der Waals surface area contributed by atoms with E-state index in [-0.39, 0.29) is 12.0 Å². The quantitative estimate of drug-likeness (QED) is 0.904. The molecule has 0 spiro atoms. The number of benzene rings is 1. The minimum absolute atomic E-state index is 0.0615. The number of rotatable bonds is 3. The highest BCUT2D eigenvalue weighted by Crippen LogP contribution is 2.25. The predicted octanol–water partition coefficient (Wildman–Crippen LogP) is 3.12. The monoisotopic (exact) mass is 356 g/mol. The molecular formula is C14H17BrN2O2S. The molecule has 1 aliphatic rings. The molecule has 1 saturated carbocycles. The molecule has 1 aromatic carbocycles. The SMILES string of the molecule is Cc1cc(S(=O)(=O)NC2CCC(C#N)CC2)ccc1Br. The van der Waals surface area contributed by atoms with Crippen molar-refractivity contribution in [2.45, 2.75) is 43.5 Å². The Bertz CT molecular complexity index is 629. The van der Waals surface area contributed by atoms with Crippen molar-refractivity contribution in [2.75, 3.05) is 0 Å². The van der Waals surface area contributed by atoms with Crippen molar-refractivity contribution < 1.29 is 8.42 Å². The summed E-state index contributed by atoms with van der Waals surface area (Å²) in [5, 5.41) is 8.85. The Morgan fingerprint density at radius 1 is 1.30 bits per heavy atom. The Hall–Kier alpha value is -0.900. The molecular weight excluding hydrogens is 340 g/mol. The van der Waals surface area contributed by atoms with Crippen LogP contribution in [0.25, 0.3) is 0 Å². The summed E-state index contributed by atoms with van der Waals surface area (Å²) in [5.74, 6) is 0.0747. The van der Waals surface area contributed by atoms with Gasteiger partial charge in [-0.25, -0.2) is 13.1 Å². The highest BCUT2D eigenvalue weighted by molar-refractivity contribution is 9.10. The Morgan fingerprint density at radius 2 is 1.95 bits per heavy atom. The second-order valence-corrected chi connectivity index (χ2v) is 7.78. The molecule has 0 heterocycles. The predicted molar refractivity (Wildman–Crippen MR) is 80.6 cm³/mol. The molecule has 0 aliphatic heterocycles. The molecule has 0 saturated heterocycles. The molecule has 108 valence electrons. The van der Waals surface area contributed by atoms with Crippen LogP contribution in [0.5, 0.6) is 0 Å². The molecule has 0 atom stereocenters. The molecule has 1 N–H and O–H groups in total. The molecule has 0 bridgehead atoms. The van der Waals surface area contributed by atoms with Crippen LogP contribution in [0.15, 0.2) is 27.6 Å². The summed E-state index contributed by atoms with van der Waals surface area (Å²) in [5.41, 5.74) is 0.890. The third kappa shape index (κ3) is 3.60. The van der Waals surface area contributed by atoms with Gasteiger partial charge in [0.15, 0.2) is 0 Å². The molecule has 0 amide bonds. The van der Waals surface area contributed by atoms with Crippen LogP contribution in [0.4, 0.5) is 0 Å². The van der Waals surface area contributed by atoms with E-state index >= 15 is 0 Å². The molecule has 0 unspecified atom stereocenters. The fraction of sp³-hybridized carbons (Fsp3) is 0.500. The highest BCUT2D eigenvalue weighted by atomic mass is 79.9. The van der Waals surface area contributed by atoms with Crippen LogP contribution < -0.4 is 4.72 Å². The lowest BCUT2D eigenvalue weighted by Crippen LogP contribution is -2.37. The molecule has 2 rings (SSSR count). The first-order valence-electron chi connectivity index (χ1n) is 6.60. The zero-order valence-corrected chi connectivity index (χ0v) is 13.7. The van der Waals surface area contributed by atoms with E-state index in [4.69, 9.17) is 5.26 Å². The fourth-order valence-corrected chi connectivity index (χ4v) is 4.05. The van der Waals surface area contributed by atoms with Gasteiger partial charge in [-0.15, -0.1) is 0 Å². The van der Waals surface area contributed by atoms with E-state index in [1.54, 1.807) is 18.2 Å². The van der Waals surface area contributed by atoms with Gasteiger partial charge in [-0.2, -0.15) is 5.26 Å². The number of hydrogen-bond acceptors (Lipinski definition) is 3. The molecule has 0 aromatic heterocycles. The number of aryl methyl sites for hydroxylation is 1. The van der Waals surface area contributed by atoms with E-state index in [1.807, 2.05) is 6.92 Å². The zero-order chi connectivity index (χ0) is 14.8. The average molecular weight is 357 g/mol. The van der Waals surface area contributed by atoms with E-state index < -0.39 is 10.0 Å². The molecule has 20 heavy (non-hydrogen) atoms. The normalized spacial score (nSPS) is 23.2. The van der Waals surface area contributed by atoms with Crippen LogP contribution in [0.2, 0.25) is 0 Å². The number of nitriles is 1. The summed E-state index contributed by atoms with van der Waals surface area (Å²) in [6.45, 7) is 1.86. The van der Waals surface area contributed by atoms with E-state index in [1.165, 1.54) is 0 Å². The number of nitrogens with one attached hydrogen (secondary N) is 1. The van der Waals surface area contributed by atoms with Gasteiger partial charge in [0.25, 0.3) is 0 Å². The van der Waals surface area contributed by atoms with Crippen LogP contribution in [0.1, 0.15) is 31.2 Å². The molecule has 4 nitrogen and oxygen atoms in total. The lowest BCUT2D eigenvalue weighted by molar-refractivity contribution is 0.361. The van der Waals surface area contributed by atoms with Gasteiger partial charge in [0.2, 0.25) is 10.0 Å². The zero-order valence-electron chi connectivity index (χ0n) is 11.3. The Balaban J connectivity index is 2.08. The standard InChI is InChI=1S/C14H17BrN2O2S/c1-10-8-13(6-7-14(10)15)20(18,19)17-12-4-2-11(9-16)3-5-12/h6-8,11-12,17H,2-5H2,1H3. The summed E-state index contributed by atoms with van der Waals surface area (Å²) in [7, 11) is -3.48. The van der Waals surface area contributed by atoms with Crippen molar-refractivity contribution in [1.29, 1.82) is 5.26 Å². The first kappa shape index (κ1) is 15.5. The van der Waals surface area contributed by atoms with Crippen LogP contribution in [0, 0.1) is 24.2 Å². The van der Waals surface area contributed by atoms with Gasteiger partial charge < -0.3 is 0 Å². The number of sulfonamides is 1. The molecule has 1 fully saturated rings. The van der Waals surface area contributed by atoms with Gasteiger partial charge in [-0.1, -0.05) is 15.9 Å². The minimum atomic E-state index is -3.48. The third-order valence-electron chi connectivity index (χ3n) is 3.67. The second kappa shape index (κ2) is 6.25. The fourth-order valence-electron chi connectivity index (χ4n) is 2.41. The first-order chi connectivity index (χ1) is 9.42. The van der Waals surface area contributed by atoms with E-state index in [9.17, 15) is 8.42 Å². The number of hydrogen-bond donors (Lipinski definition) is 1. The van der Waals surface area contributed by atoms with Gasteiger partial charge in [-0.05, 0) is 56.4 Å².